The van der Waals surface area contributed by atoms with Crippen LogP contribution in [0.4, 0.5) is 0 Å². The van der Waals surface area contributed by atoms with Crippen molar-refractivity contribution in [2.45, 2.75) is 0 Å². The Morgan fingerprint density at radius 3 is 0.852 bits per heavy atom. The number of para-hydroxylation sites is 6. The third-order valence-corrected chi connectivity index (χ3v) is 29.5. The van der Waals surface area contributed by atoms with Crippen LogP contribution >= 0.6 is 0 Å². The third kappa shape index (κ3) is 13.5. The number of rotatable bonds is 11. The van der Waals surface area contributed by atoms with Gasteiger partial charge in [0.25, 0.3) is 0 Å². The van der Waals surface area contributed by atoms with Crippen LogP contribution in [0.3, 0.4) is 0 Å². The van der Waals surface area contributed by atoms with E-state index in [2.05, 4.69) is 561 Å². The highest BCUT2D eigenvalue weighted by atomic mass is 15.0. The van der Waals surface area contributed by atoms with Crippen LogP contribution in [0.1, 0.15) is 0 Å². The molecule has 0 fully saturated rings. The van der Waals surface area contributed by atoms with E-state index in [1.807, 2.05) is 0 Å². The molecule has 30 rings (SSSR count). The molecule has 0 amide bonds. The summed E-state index contributed by atoms with van der Waals surface area (Å²) in [5.74, 6) is 0. The molecule has 0 N–H and O–H groups in total. The number of hydrogen-bond donors (Lipinski definition) is 0. The standard InChI is InChI=1S/C48H32N2.2C44H28N2/c1-3-12-33(13-4-1)35-22-26-39(27-23-35)49-45-20-9-7-18-41(45)43-31-37(24-28-47(43)49)38-25-29-48-44(32-38)42-19-8-10-21-46(42)50(48)40-17-11-16-36(30-40)34-14-5-2-6-15-34;1-3-15-33-29(11-1)13-9-21-39(33)45-41-19-7-5-17-35(41)37-27-31(23-25-43(37)45)32-24-26-44-38(28-32)36-18-6-8-20-42(36)46(44)40-22-10-14-30-12-2-4-16-34(30)40;1-3-12-31-26-34(23-20-29(31)10-1)45-41-18-8-6-15-39(41)44-36(16-9-19-42(44)45)33-22-25-38-37-14-5-7-17-40(37)46(43(38)28-33)35-24-21-30-11-2-4-13-32(30)27-35/h1-32H;2*1-28H. The summed E-state index contributed by atoms with van der Waals surface area (Å²) in [6.07, 6.45) is 0. The van der Waals surface area contributed by atoms with Crippen LogP contribution in [-0.4, -0.2) is 27.4 Å². The zero-order chi connectivity index (χ0) is 93.4. The van der Waals surface area contributed by atoms with Gasteiger partial charge < -0.3 is 27.4 Å². The van der Waals surface area contributed by atoms with Crippen molar-refractivity contribution in [1.82, 2.24) is 27.4 Å². The van der Waals surface area contributed by atoms with Crippen LogP contribution in [0, 0.1) is 0 Å². The van der Waals surface area contributed by atoms with Crippen molar-refractivity contribution in [3.05, 3.63) is 534 Å². The zero-order valence-corrected chi connectivity index (χ0v) is 77.5. The summed E-state index contributed by atoms with van der Waals surface area (Å²) >= 11 is 0. The van der Waals surface area contributed by atoms with Crippen LogP contribution in [0.5, 0.6) is 0 Å². The molecule has 0 aliphatic carbocycles. The second-order valence-electron chi connectivity index (χ2n) is 37.4. The summed E-state index contributed by atoms with van der Waals surface area (Å²) in [5, 5.41) is 25.1. The molecule has 30 aromatic rings. The van der Waals surface area contributed by atoms with Crippen molar-refractivity contribution in [3.63, 3.8) is 0 Å². The summed E-state index contributed by atoms with van der Waals surface area (Å²) in [6.45, 7) is 0. The van der Waals surface area contributed by atoms with Gasteiger partial charge in [-0.1, -0.05) is 376 Å². The third-order valence-electron chi connectivity index (χ3n) is 29.5. The predicted molar refractivity (Wildman–Crippen MR) is 603 cm³/mol. The minimum absolute atomic E-state index is 1.16. The molecule has 0 radical (unpaired) electrons. The van der Waals surface area contributed by atoms with E-state index < -0.39 is 0 Å². The minimum atomic E-state index is 1.16. The maximum absolute atomic E-state index is 2.43. The molecule has 662 valence electrons. The Balaban J connectivity index is 0.000000104. The van der Waals surface area contributed by atoms with Crippen LogP contribution in [-0.2, 0) is 0 Å². The van der Waals surface area contributed by atoms with Crippen molar-refractivity contribution in [3.8, 4) is 89.8 Å². The second kappa shape index (κ2) is 33.5. The van der Waals surface area contributed by atoms with Gasteiger partial charge in [-0.3, -0.25) is 0 Å². The quantitative estimate of drug-likeness (QED) is 0.124. The van der Waals surface area contributed by atoms with Gasteiger partial charge in [-0.25, -0.2) is 0 Å². The largest absolute Gasteiger partial charge is 0.309 e. The Hall–Kier alpha value is -18.9. The second-order valence-corrected chi connectivity index (χ2v) is 37.4. The fraction of sp³-hybridized carbons (Fsp3) is 0. The summed E-state index contributed by atoms with van der Waals surface area (Å²) in [6, 6.07) is 194. The summed E-state index contributed by atoms with van der Waals surface area (Å²) in [4.78, 5) is 0. The number of fused-ring (bicyclic) bond motifs is 22. The molecule has 6 nitrogen and oxygen atoms in total. The van der Waals surface area contributed by atoms with Crippen LogP contribution in [0.15, 0.2) is 534 Å². The fourth-order valence-electron chi connectivity index (χ4n) is 23.0. The lowest BCUT2D eigenvalue weighted by atomic mass is 9.98. The van der Waals surface area contributed by atoms with E-state index in [0.29, 0.717) is 0 Å². The highest BCUT2D eigenvalue weighted by Gasteiger charge is 2.25. The lowest BCUT2D eigenvalue weighted by Gasteiger charge is -2.12. The maximum atomic E-state index is 2.43. The van der Waals surface area contributed by atoms with Crippen molar-refractivity contribution in [2.24, 2.45) is 0 Å². The summed E-state index contributed by atoms with van der Waals surface area (Å²) in [7, 11) is 0. The number of hydrogen-bond acceptors (Lipinski definition) is 0. The van der Waals surface area contributed by atoms with E-state index in [0.717, 1.165) is 11.4 Å². The molecule has 0 aliphatic heterocycles. The smallest absolute Gasteiger partial charge is 0.0547 e. The molecule has 24 aromatic carbocycles. The number of benzene rings is 24. The first kappa shape index (κ1) is 81.5. The Kier molecular flexibility index (Phi) is 19.2. The van der Waals surface area contributed by atoms with Gasteiger partial charge in [-0.05, 0) is 246 Å². The molecule has 0 bridgehead atoms. The Bertz CT molecular complexity index is 10100. The molecule has 0 aliphatic rings. The normalized spacial score (nSPS) is 11.8. The van der Waals surface area contributed by atoms with E-state index in [1.54, 1.807) is 0 Å². The van der Waals surface area contributed by atoms with Gasteiger partial charge in [0.1, 0.15) is 0 Å². The van der Waals surface area contributed by atoms with Gasteiger partial charge >= 0.3 is 0 Å². The average molecular weight is 1810 g/mol. The van der Waals surface area contributed by atoms with Crippen molar-refractivity contribution in [2.75, 3.05) is 0 Å². The molecule has 142 heavy (non-hydrogen) atoms. The van der Waals surface area contributed by atoms with Gasteiger partial charge in [0.05, 0.1) is 77.6 Å². The fourth-order valence-corrected chi connectivity index (χ4v) is 23.0. The van der Waals surface area contributed by atoms with E-state index >= 15 is 0 Å². The van der Waals surface area contributed by atoms with E-state index in [1.165, 1.54) is 252 Å². The summed E-state index contributed by atoms with van der Waals surface area (Å²) in [5.41, 5.74) is 33.9. The Morgan fingerprint density at radius 2 is 0.380 bits per heavy atom. The molecule has 6 heterocycles. The number of aromatic nitrogens is 6. The first-order chi connectivity index (χ1) is 70.4. The molecule has 6 heteroatoms. The van der Waals surface area contributed by atoms with E-state index in [-0.39, 0.29) is 0 Å². The number of nitrogens with zero attached hydrogens (tertiary/aromatic N) is 6. The SMILES string of the molecule is c1ccc(-c2ccc(-n3c4ccccc4c4cc(-c5ccc6c(c5)c5ccccc5n6-c5cccc(-c6ccccc6)c5)ccc43)cc2)cc1.c1ccc2c(-n3c4ccccc4c4cc(-c5ccc6c(c5)c5ccccc5n6-c5cccc6ccccc56)ccc43)cccc2c1.c1ccc2cc(-n3c4ccccc4c4ccc(-c5cccc6c5c5ccccc5n6-c5ccc6ccccc6c5)cc43)ccc2c1. The molecule has 0 atom stereocenters. The van der Waals surface area contributed by atoms with Gasteiger partial charge in [0, 0.05) is 98.2 Å². The lowest BCUT2D eigenvalue weighted by molar-refractivity contribution is 1.18. The van der Waals surface area contributed by atoms with E-state index in [9.17, 15) is 0 Å². The van der Waals surface area contributed by atoms with E-state index in [4.69, 9.17) is 0 Å². The van der Waals surface area contributed by atoms with Crippen LogP contribution in [0.25, 0.3) is 264 Å². The Labute approximate surface area is 819 Å². The molecule has 0 saturated carbocycles. The molecule has 0 spiro atoms. The highest BCUT2D eigenvalue weighted by Crippen LogP contribution is 2.47. The monoisotopic (exact) mass is 1800 g/mol. The van der Waals surface area contributed by atoms with Crippen molar-refractivity contribution >= 4 is 174 Å². The molecule has 0 unspecified atom stereocenters. The summed E-state index contributed by atoms with van der Waals surface area (Å²) < 4.78 is 14.5. The average Bonchev–Trinajstić information content (AvgIpc) is 1.55. The molecule has 0 saturated heterocycles. The van der Waals surface area contributed by atoms with Crippen LogP contribution in [0.2, 0.25) is 0 Å². The minimum Gasteiger partial charge on any atom is -0.309 e. The van der Waals surface area contributed by atoms with Gasteiger partial charge in [-0.2, -0.15) is 0 Å². The predicted octanol–water partition coefficient (Wildman–Crippen LogP) is 36.6. The topological polar surface area (TPSA) is 29.6 Å². The van der Waals surface area contributed by atoms with Gasteiger partial charge in [0.15, 0.2) is 0 Å². The molecular weight excluding hydrogens is 1720 g/mol. The molecule has 6 aromatic heterocycles. The van der Waals surface area contributed by atoms with Crippen LogP contribution < -0.4 is 0 Å². The van der Waals surface area contributed by atoms with Crippen molar-refractivity contribution < 1.29 is 0 Å². The molecular formula is C136H88N6. The Morgan fingerprint density at radius 1 is 0.106 bits per heavy atom. The van der Waals surface area contributed by atoms with Gasteiger partial charge in [-0.15, -0.1) is 0 Å². The van der Waals surface area contributed by atoms with Crippen molar-refractivity contribution in [1.29, 1.82) is 0 Å². The first-order valence-electron chi connectivity index (χ1n) is 48.9. The zero-order valence-electron chi connectivity index (χ0n) is 77.5. The lowest BCUT2D eigenvalue weighted by Crippen LogP contribution is -1.95. The first-order valence-corrected chi connectivity index (χ1v) is 48.9. The maximum Gasteiger partial charge on any atom is 0.0547 e. The highest BCUT2D eigenvalue weighted by molar-refractivity contribution is 6.20. The van der Waals surface area contributed by atoms with Gasteiger partial charge in [0.2, 0.25) is 0 Å².